The van der Waals surface area contributed by atoms with Crippen LogP contribution in [-0.2, 0) is 21.2 Å². The third-order valence-corrected chi connectivity index (χ3v) is 5.95. The van der Waals surface area contributed by atoms with Crippen LogP contribution in [0.1, 0.15) is 17.5 Å². The van der Waals surface area contributed by atoms with Crippen LogP contribution >= 0.6 is 0 Å². The molecule has 2 aliphatic rings. The minimum Gasteiger partial charge on any atom is -0.385 e. The molecule has 1 saturated heterocycles. The Morgan fingerprint density at radius 3 is 2.75 bits per heavy atom. The molecule has 0 bridgehead atoms. The van der Waals surface area contributed by atoms with E-state index in [4.69, 9.17) is 4.74 Å². The van der Waals surface area contributed by atoms with Crippen LogP contribution in [0.5, 0.6) is 0 Å². The van der Waals surface area contributed by atoms with Crippen molar-refractivity contribution in [3.05, 3.63) is 23.3 Å². The maximum Gasteiger partial charge on any atom is 0.243 e. The number of rotatable bonds is 2. The van der Waals surface area contributed by atoms with Gasteiger partial charge in [0.05, 0.1) is 18.1 Å². The minimum atomic E-state index is -3.41. The zero-order valence-corrected chi connectivity index (χ0v) is 12.5. The molecule has 0 radical (unpaired) electrons. The van der Waals surface area contributed by atoms with Gasteiger partial charge in [-0.1, -0.05) is 6.07 Å². The third kappa shape index (κ3) is 2.32. The number of nitrogens with zero attached hydrogens (tertiary/aromatic N) is 1. The van der Waals surface area contributed by atoms with Crippen molar-refractivity contribution in [2.24, 2.45) is 0 Å². The molecule has 0 aliphatic carbocycles. The molecule has 0 saturated carbocycles. The van der Waals surface area contributed by atoms with Gasteiger partial charge in [-0.05, 0) is 37.0 Å². The smallest absolute Gasteiger partial charge is 0.243 e. The quantitative estimate of drug-likeness (QED) is 0.895. The van der Waals surface area contributed by atoms with Gasteiger partial charge in [0.25, 0.3) is 0 Å². The van der Waals surface area contributed by atoms with Gasteiger partial charge in [0, 0.05) is 25.3 Å². The highest BCUT2D eigenvalue weighted by Gasteiger charge is 2.30. The first-order valence-corrected chi connectivity index (χ1v) is 8.49. The summed E-state index contributed by atoms with van der Waals surface area (Å²) in [7, 11) is -3.41. The van der Waals surface area contributed by atoms with Gasteiger partial charge in [0.2, 0.25) is 10.0 Å². The van der Waals surface area contributed by atoms with Crippen molar-refractivity contribution in [3.8, 4) is 0 Å². The fraction of sp³-hybridized carbons (Fsp3) is 0.571. The summed E-state index contributed by atoms with van der Waals surface area (Å²) in [6.45, 7) is 4.77. The molecule has 2 aliphatic heterocycles. The molecular weight excluding hydrogens is 276 g/mol. The van der Waals surface area contributed by atoms with Crippen molar-refractivity contribution in [1.29, 1.82) is 0 Å². The summed E-state index contributed by atoms with van der Waals surface area (Å²) in [5.41, 5.74) is 3.06. The Kier molecular flexibility index (Phi) is 3.70. The zero-order chi connectivity index (χ0) is 14.2. The van der Waals surface area contributed by atoms with E-state index in [0.717, 1.165) is 36.2 Å². The predicted octanol–water partition coefficient (Wildman–Crippen LogP) is 1.37. The summed E-state index contributed by atoms with van der Waals surface area (Å²) in [5.74, 6) is 0. The van der Waals surface area contributed by atoms with Crippen molar-refractivity contribution >= 4 is 15.7 Å². The second-order valence-electron chi connectivity index (χ2n) is 5.28. The Morgan fingerprint density at radius 2 is 2.00 bits per heavy atom. The number of aryl methyl sites for hydroxylation is 1. The molecule has 0 unspecified atom stereocenters. The van der Waals surface area contributed by atoms with E-state index in [1.807, 2.05) is 13.0 Å². The molecule has 0 spiro atoms. The van der Waals surface area contributed by atoms with Crippen molar-refractivity contribution in [2.75, 3.05) is 38.2 Å². The molecule has 1 aromatic rings. The third-order valence-electron chi connectivity index (χ3n) is 3.97. The van der Waals surface area contributed by atoms with Gasteiger partial charge in [0.1, 0.15) is 0 Å². The molecule has 0 amide bonds. The van der Waals surface area contributed by atoms with Gasteiger partial charge < -0.3 is 10.1 Å². The van der Waals surface area contributed by atoms with E-state index in [9.17, 15) is 8.42 Å². The van der Waals surface area contributed by atoms with Gasteiger partial charge in [-0.3, -0.25) is 0 Å². The van der Waals surface area contributed by atoms with Crippen molar-refractivity contribution in [1.82, 2.24) is 4.31 Å². The highest BCUT2D eigenvalue weighted by molar-refractivity contribution is 7.89. The molecular formula is C14H20N2O3S. The minimum absolute atomic E-state index is 0.443. The van der Waals surface area contributed by atoms with Crippen LogP contribution in [0.15, 0.2) is 17.0 Å². The normalized spacial score (nSPS) is 20.2. The molecule has 1 aromatic carbocycles. The highest BCUT2D eigenvalue weighted by Crippen LogP contribution is 2.33. The molecule has 1 fully saturated rings. The van der Waals surface area contributed by atoms with Gasteiger partial charge in [-0.15, -0.1) is 0 Å². The number of hydrogen-bond donors (Lipinski definition) is 1. The summed E-state index contributed by atoms with van der Waals surface area (Å²) in [6.07, 6.45) is 1.80. The topological polar surface area (TPSA) is 58.6 Å². The monoisotopic (exact) mass is 296 g/mol. The van der Waals surface area contributed by atoms with Gasteiger partial charge in [-0.25, -0.2) is 8.42 Å². The lowest BCUT2D eigenvalue weighted by molar-refractivity contribution is 0.0730. The maximum atomic E-state index is 12.8. The maximum absolute atomic E-state index is 12.8. The largest absolute Gasteiger partial charge is 0.385 e. The second kappa shape index (κ2) is 5.35. The van der Waals surface area contributed by atoms with Crippen LogP contribution in [0, 0.1) is 6.92 Å². The molecule has 2 heterocycles. The number of morpholine rings is 1. The lowest BCUT2D eigenvalue weighted by Crippen LogP contribution is -2.41. The summed E-state index contributed by atoms with van der Waals surface area (Å²) >= 11 is 0. The van der Waals surface area contributed by atoms with Gasteiger partial charge >= 0.3 is 0 Å². The molecule has 3 rings (SSSR count). The molecule has 0 atom stereocenters. The van der Waals surface area contributed by atoms with E-state index in [1.54, 1.807) is 6.07 Å². The van der Waals surface area contributed by atoms with E-state index in [0.29, 0.717) is 31.2 Å². The summed E-state index contributed by atoms with van der Waals surface area (Å²) < 4.78 is 32.4. The fourth-order valence-electron chi connectivity index (χ4n) is 2.89. The SMILES string of the molecule is Cc1ccc(S(=O)(=O)N2CCOCC2)c2c1NCCC2. The second-order valence-corrected chi connectivity index (χ2v) is 7.19. The van der Waals surface area contributed by atoms with Crippen LogP contribution in [0.2, 0.25) is 0 Å². The van der Waals surface area contributed by atoms with Crippen molar-refractivity contribution in [2.45, 2.75) is 24.7 Å². The van der Waals surface area contributed by atoms with Crippen LogP contribution in [0.4, 0.5) is 5.69 Å². The Bertz CT molecular complexity index is 607. The van der Waals surface area contributed by atoms with Crippen LogP contribution in [0.25, 0.3) is 0 Å². The number of nitrogens with one attached hydrogen (secondary N) is 1. The molecule has 110 valence electrons. The van der Waals surface area contributed by atoms with Crippen molar-refractivity contribution in [3.63, 3.8) is 0 Å². The van der Waals surface area contributed by atoms with E-state index in [1.165, 1.54) is 4.31 Å². The summed E-state index contributed by atoms with van der Waals surface area (Å²) in [4.78, 5) is 0.465. The summed E-state index contributed by atoms with van der Waals surface area (Å²) in [5, 5.41) is 3.34. The number of ether oxygens (including phenoxy) is 1. The van der Waals surface area contributed by atoms with Crippen LogP contribution in [-0.4, -0.2) is 45.6 Å². The molecule has 0 aromatic heterocycles. The van der Waals surface area contributed by atoms with E-state index >= 15 is 0 Å². The average molecular weight is 296 g/mol. The Hall–Kier alpha value is -1.11. The lowest BCUT2D eigenvalue weighted by atomic mass is 10.00. The predicted molar refractivity (Wildman–Crippen MR) is 77.6 cm³/mol. The first kappa shape index (κ1) is 13.9. The number of sulfonamides is 1. The number of anilines is 1. The fourth-order valence-corrected chi connectivity index (χ4v) is 4.55. The number of hydrogen-bond acceptors (Lipinski definition) is 4. The van der Waals surface area contributed by atoms with E-state index in [-0.39, 0.29) is 0 Å². The van der Waals surface area contributed by atoms with E-state index < -0.39 is 10.0 Å². The lowest BCUT2D eigenvalue weighted by Gasteiger charge is -2.29. The van der Waals surface area contributed by atoms with Crippen LogP contribution < -0.4 is 5.32 Å². The Labute approximate surface area is 120 Å². The van der Waals surface area contributed by atoms with Gasteiger partial charge in [0.15, 0.2) is 0 Å². The Balaban J connectivity index is 2.05. The first-order chi connectivity index (χ1) is 9.60. The summed E-state index contributed by atoms with van der Waals surface area (Å²) in [6, 6.07) is 3.65. The van der Waals surface area contributed by atoms with Gasteiger partial charge in [-0.2, -0.15) is 4.31 Å². The van der Waals surface area contributed by atoms with Crippen molar-refractivity contribution < 1.29 is 13.2 Å². The Morgan fingerprint density at radius 1 is 1.25 bits per heavy atom. The molecule has 5 nitrogen and oxygen atoms in total. The molecule has 6 heteroatoms. The molecule has 1 N–H and O–H groups in total. The first-order valence-electron chi connectivity index (χ1n) is 7.05. The highest BCUT2D eigenvalue weighted by atomic mass is 32.2. The number of fused-ring (bicyclic) bond motifs is 1. The van der Waals surface area contributed by atoms with Crippen LogP contribution in [0.3, 0.4) is 0 Å². The molecule has 20 heavy (non-hydrogen) atoms. The van der Waals surface area contributed by atoms with E-state index in [2.05, 4.69) is 5.32 Å². The zero-order valence-electron chi connectivity index (χ0n) is 11.7. The average Bonchev–Trinajstić information content (AvgIpc) is 2.48. The standard InChI is InChI=1S/C14H20N2O3S/c1-11-4-5-13(12-3-2-6-15-14(11)12)20(17,18)16-7-9-19-10-8-16/h4-5,15H,2-3,6-10H2,1H3. The number of benzene rings is 1.